The van der Waals surface area contributed by atoms with Gasteiger partial charge in [0.15, 0.2) is 0 Å². The molecule has 0 aliphatic heterocycles. The molecule has 1 N–H and O–H groups in total. The summed E-state index contributed by atoms with van der Waals surface area (Å²) in [6.45, 7) is 7.27. The van der Waals surface area contributed by atoms with E-state index in [-0.39, 0.29) is 0 Å². The van der Waals surface area contributed by atoms with Gasteiger partial charge in [-0.3, -0.25) is 0 Å². The Balaban J connectivity index is 2.19. The third-order valence-electron chi connectivity index (χ3n) is 3.74. The van der Waals surface area contributed by atoms with Gasteiger partial charge in [-0.15, -0.1) is 6.58 Å². The van der Waals surface area contributed by atoms with Crippen LogP contribution in [0.25, 0.3) is 0 Å². The Morgan fingerprint density at radius 3 is 3.00 bits per heavy atom. The Kier molecular flexibility index (Phi) is 4.38. The van der Waals surface area contributed by atoms with Crippen molar-refractivity contribution in [3.8, 4) is 0 Å². The molecule has 0 spiro atoms. The van der Waals surface area contributed by atoms with Crippen LogP contribution in [0, 0.1) is 0 Å². The molecule has 1 aromatic rings. The number of rotatable bonds is 5. The van der Waals surface area contributed by atoms with Crippen LogP contribution in [0.15, 0.2) is 36.9 Å². The second kappa shape index (κ2) is 6.02. The number of benzene rings is 1. The van der Waals surface area contributed by atoms with E-state index in [1.807, 2.05) is 0 Å². The molecule has 92 valence electrons. The summed E-state index contributed by atoms with van der Waals surface area (Å²) < 4.78 is 0. The topological polar surface area (TPSA) is 12.0 Å². The third-order valence-corrected chi connectivity index (χ3v) is 3.74. The lowest BCUT2D eigenvalue weighted by molar-refractivity contribution is 0.388. The smallest absolute Gasteiger partial charge is 0.0142 e. The zero-order valence-electron chi connectivity index (χ0n) is 10.8. The average molecular weight is 229 g/mol. The zero-order valence-corrected chi connectivity index (χ0v) is 10.8. The molecule has 2 rings (SSSR count). The van der Waals surface area contributed by atoms with Crippen LogP contribution >= 0.6 is 0 Å². The first-order valence-corrected chi connectivity index (χ1v) is 6.79. The normalized spacial score (nSPS) is 23.1. The minimum atomic E-state index is 0.615. The Bertz CT molecular complexity index is 370. The van der Waals surface area contributed by atoms with E-state index in [0.717, 1.165) is 13.0 Å². The molecule has 0 heterocycles. The zero-order chi connectivity index (χ0) is 12.1. The fraction of sp³-hybridized carbons (Fsp3) is 0.500. The molecular formula is C16H23N. The average Bonchev–Trinajstić information content (AvgIpc) is 2.38. The van der Waals surface area contributed by atoms with Crippen molar-refractivity contribution in [1.82, 2.24) is 5.32 Å². The Morgan fingerprint density at radius 1 is 1.41 bits per heavy atom. The number of aryl methyl sites for hydroxylation is 1. The van der Waals surface area contributed by atoms with Crippen molar-refractivity contribution < 1.29 is 0 Å². The van der Waals surface area contributed by atoms with Gasteiger partial charge < -0.3 is 5.32 Å². The lowest BCUT2D eigenvalue weighted by atomic mass is 9.77. The Morgan fingerprint density at radius 2 is 2.24 bits per heavy atom. The maximum Gasteiger partial charge on any atom is 0.0142 e. The molecule has 1 aliphatic carbocycles. The van der Waals surface area contributed by atoms with Crippen LogP contribution in [-0.2, 0) is 6.42 Å². The Labute approximate surface area is 105 Å². The van der Waals surface area contributed by atoms with Crippen molar-refractivity contribution in [3.63, 3.8) is 0 Å². The summed E-state index contributed by atoms with van der Waals surface area (Å²) in [7, 11) is 0. The molecular weight excluding hydrogens is 206 g/mol. The molecule has 0 saturated heterocycles. The molecule has 1 heteroatoms. The molecule has 0 amide bonds. The minimum Gasteiger partial charge on any atom is -0.313 e. The van der Waals surface area contributed by atoms with Gasteiger partial charge in [0, 0.05) is 12.0 Å². The van der Waals surface area contributed by atoms with Crippen LogP contribution in [0.1, 0.15) is 43.2 Å². The first-order chi connectivity index (χ1) is 8.36. The van der Waals surface area contributed by atoms with E-state index in [4.69, 9.17) is 0 Å². The lowest BCUT2D eigenvalue weighted by Gasteiger charge is -2.34. The van der Waals surface area contributed by atoms with Gasteiger partial charge >= 0.3 is 0 Å². The van der Waals surface area contributed by atoms with Crippen LogP contribution in [0.2, 0.25) is 0 Å². The summed E-state index contributed by atoms with van der Waals surface area (Å²) in [5.74, 6) is 0.615. The standard InChI is InChI=1S/C16H23N/c1-3-7-15-14-9-6-5-8-13(14)10-11-16(15)17-12-4-2/h3,5-6,8-9,15-17H,1,4,7,10-12H2,2H3/t15-,16-/m1/s1. The van der Waals surface area contributed by atoms with E-state index in [2.05, 4.69) is 49.2 Å². The molecule has 0 saturated carbocycles. The van der Waals surface area contributed by atoms with Crippen molar-refractivity contribution in [3.05, 3.63) is 48.0 Å². The van der Waals surface area contributed by atoms with Gasteiger partial charge in [0.2, 0.25) is 0 Å². The van der Waals surface area contributed by atoms with Gasteiger partial charge in [0.1, 0.15) is 0 Å². The molecule has 0 aromatic heterocycles. The predicted molar refractivity (Wildman–Crippen MR) is 74.4 cm³/mol. The van der Waals surface area contributed by atoms with E-state index >= 15 is 0 Å². The molecule has 17 heavy (non-hydrogen) atoms. The van der Waals surface area contributed by atoms with E-state index in [0.29, 0.717) is 12.0 Å². The van der Waals surface area contributed by atoms with Crippen molar-refractivity contribution in [2.45, 2.75) is 44.6 Å². The highest BCUT2D eigenvalue weighted by Crippen LogP contribution is 2.34. The van der Waals surface area contributed by atoms with Crippen molar-refractivity contribution in [2.75, 3.05) is 6.54 Å². The van der Waals surface area contributed by atoms with Crippen molar-refractivity contribution >= 4 is 0 Å². The summed E-state index contributed by atoms with van der Waals surface area (Å²) in [6.07, 6.45) is 6.82. The van der Waals surface area contributed by atoms with Crippen LogP contribution in [0.3, 0.4) is 0 Å². The van der Waals surface area contributed by atoms with Crippen LogP contribution in [0.5, 0.6) is 0 Å². The number of allylic oxidation sites excluding steroid dienone is 1. The maximum atomic E-state index is 3.91. The van der Waals surface area contributed by atoms with Gasteiger partial charge in [0.25, 0.3) is 0 Å². The van der Waals surface area contributed by atoms with E-state index in [1.54, 1.807) is 0 Å². The first-order valence-electron chi connectivity index (χ1n) is 6.79. The minimum absolute atomic E-state index is 0.615. The fourth-order valence-corrected chi connectivity index (χ4v) is 2.90. The highest BCUT2D eigenvalue weighted by molar-refractivity contribution is 5.34. The van der Waals surface area contributed by atoms with Crippen LogP contribution < -0.4 is 5.32 Å². The maximum absolute atomic E-state index is 3.91. The molecule has 2 atom stereocenters. The summed E-state index contributed by atoms with van der Waals surface area (Å²) >= 11 is 0. The number of nitrogens with one attached hydrogen (secondary N) is 1. The SMILES string of the molecule is C=CC[C@@H]1c2ccccc2CC[C@H]1NCCC. The second-order valence-electron chi connectivity index (χ2n) is 4.93. The summed E-state index contributed by atoms with van der Waals surface area (Å²) in [5, 5.41) is 3.70. The molecule has 1 nitrogen and oxygen atoms in total. The number of hydrogen-bond acceptors (Lipinski definition) is 1. The highest BCUT2D eigenvalue weighted by Gasteiger charge is 2.27. The summed E-state index contributed by atoms with van der Waals surface area (Å²) in [4.78, 5) is 0. The number of fused-ring (bicyclic) bond motifs is 1. The quantitative estimate of drug-likeness (QED) is 0.760. The molecule has 0 fully saturated rings. The number of hydrogen-bond donors (Lipinski definition) is 1. The highest BCUT2D eigenvalue weighted by atomic mass is 14.9. The fourth-order valence-electron chi connectivity index (χ4n) is 2.90. The van der Waals surface area contributed by atoms with Crippen LogP contribution in [0.4, 0.5) is 0 Å². The monoisotopic (exact) mass is 229 g/mol. The largest absolute Gasteiger partial charge is 0.313 e. The summed E-state index contributed by atoms with van der Waals surface area (Å²) in [6, 6.07) is 9.52. The summed E-state index contributed by atoms with van der Waals surface area (Å²) in [5.41, 5.74) is 3.07. The molecule has 1 aromatic carbocycles. The first kappa shape index (κ1) is 12.4. The van der Waals surface area contributed by atoms with Gasteiger partial charge in [-0.1, -0.05) is 37.3 Å². The third kappa shape index (κ3) is 2.78. The van der Waals surface area contributed by atoms with Crippen molar-refractivity contribution in [2.24, 2.45) is 0 Å². The molecule has 0 unspecified atom stereocenters. The predicted octanol–water partition coefficient (Wildman–Crippen LogP) is 3.66. The Hall–Kier alpha value is -1.08. The molecule has 1 aliphatic rings. The molecule has 0 bridgehead atoms. The van der Waals surface area contributed by atoms with E-state index < -0.39 is 0 Å². The van der Waals surface area contributed by atoms with E-state index in [1.165, 1.54) is 30.4 Å². The van der Waals surface area contributed by atoms with Crippen molar-refractivity contribution in [1.29, 1.82) is 0 Å². The van der Waals surface area contributed by atoms with Gasteiger partial charge in [-0.2, -0.15) is 0 Å². The molecule has 0 radical (unpaired) electrons. The van der Waals surface area contributed by atoms with Gasteiger partial charge in [0.05, 0.1) is 0 Å². The van der Waals surface area contributed by atoms with E-state index in [9.17, 15) is 0 Å². The van der Waals surface area contributed by atoms with Gasteiger partial charge in [-0.25, -0.2) is 0 Å². The second-order valence-corrected chi connectivity index (χ2v) is 4.93. The van der Waals surface area contributed by atoms with Crippen LogP contribution in [-0.4, -0.2) is 12.6 Å². The lowest BCUT2D eigenvalue weighted by Crippen LogP contribution is -2.38. The van der Waals surface area contributed by atoms with Gasteiger partial charge in [-0.05, 0) is 43.4 Å².